The molecule has 0 unspecified atom stereocenters. The van der Waals surface area contributed by atoms with Gasteiger partial charge in [0.05, 0.1) is 5.56 Å². The molecule has 0 radical (unpaired) electrons. The van der Waals surface area contributed by atoms with E-state index in [9.17, 15) is 14.4 Å². The van der Waals surface area contributed by atoms with E-state index in [1.54, 1.807) is 12.1 Å². The van der Waals surface area contributed by atoms with Gasteiger partial charge in [-0.15, -0.1) is 0 Å². The number of carbonyl (C=O) groups excluding carboxylic acids is 1. The lowest BCUT2D eigenvalue weighted by Crippen LogP contribution is -2.43. The molecule has 0 bridgehead atoms. The van der Waals surface area contributed by atoms with E-state index in [2.05, 4.69) is 5.32 Å². The molecule has 6 nitrogen and oxygen atoms in total. The number of aromatic carboxylic acids is 1. The zero-order chi connectivity index (χ0) is 14.0. The highest BCUT2D eigenvalue weighted by molar-refractivity contribution is 5.97. The zero-order valence-electron chi connectivity index (χ0n) is 10.00. The molecule has 0 spiro atoms. The van der Waals surface area contributed by atoms with Crippen LogP contribution < -0.4 is 5.32 Å². The van der Waals surface area contributed by atoms with Gasteiger partial charge in [0.1, 0.15) is 5.92 Å². The Bertz CT molecular complexity index is 522. The number of benzene rings is 1. The summed E-state index contributed by atoms with van der Waals surface area (Å²) in [5, 5.41) is 20.3. The summed E-state index contributed by atoms with van der Waals surface area (Å²) in [6.45, 7) is 0.370. The standard InChI is InChI=1S/C13H13NO5/c15-11-10(13(18)19)5-9(6-14-11)7-1-3-8(4-2-7)12(16)17/h1-4,9-10H,5-6H2,(H,14,15)(H,16,17)(H,18,19)/t9-,10+/m1/s1. The average molecular weight is 263 g/mol. The van der Waals surface area contributed by atoms with Crippen LogP contribution in [-0.4, -0.2) is 34.6 Å². The van der Waals surface area contributed by atoms with Gasteiger partial charge in [-0.2, -0.15) is 0 Å². The number of amides is 1. The van der Waals surface area contributed by atoms with Crippen molar-refractivity contribution in [1.29, 1.82) is 0 Å². The van der Waals surface area contributed by atoms with E-state index in [4.69, 9.17) is 10.2 Å². The Morgan fingerprint density at radius 2 is 1.79 bits per heavy atom. The molecule has 2 rings (SSSR count). The maximum absolute atomic E-state index is 11.4. The van der Waals surface area contributed by atoms with E-state index in [0.29, 0.717) is 6.54 Å². The van der Waals surface area contributed by atoms with Gasteiger partial charge >= 0.3 is 11.9 Å². The summed E-state index contributed by atoms with van der Waals surface area (Å²) in [7, 11) is 0. The van der Waals surface area contributed by atoms with E-state index in [1.807, 2.05) is 0 Å². The number of rotatable bonds is 3. The molecule has 1 aliphatic heterocycles. The topological polar surface area (TPSA) is 104 Å². The Hall–Kier alpha value is -2.37. The van der Waals surface area contributed by atoms with Crippen LogP contribution in [0, 0.1) is 5.92 Å². The molecule has 1 amide bonds. The maximum Gasteiger partial charge on any atom is 0.335 e. The number of carboxylic acid groups (broad SMARTS) is 2. The lowest BCUT2D eigenvalue weighted by Gasteiger charge is -2.27. The van der Waals surface area contributed by atoms with Crippen molar-refractivity contribution in [1.82, 2.24) is 5.32 Å². The Kier molecular flexibility index (Phi) is 3.50. The second kappa shape index (κ2) is 5.09. The van der Waals surface area contributed by atoms with Crippen molar-refractivity contribution in [3.63, 3.8) is 0 Å². The molecule has 1 fully saturated rings. The largest absolute Gasteiger partial charge is 0.481 e. The van der Waals surface area contributed by atoms with Crippen LogP contribution in [0.5, 0.6) is 0 Å². The summed E-state index contributed by atoms with van der Waals surface area (Å²) in [6.07, 6.45) is 0.230. The molecule has 1 saturated heterocycles. The predicted molar refractivity (Wildman–Crippen MR) is 64.9 cm³/mol. The summed E-state index contributed by atoms with van der Waals surface area (Å²) in [5.74, 6) is -3.76. The van der Waals surface area contributed by atoms with E-state index >= 15 is 0 Å². The lowest BCUT2D eigenvalue weighted by molar-refractivity contribution is -0.148. The second-order valence-corrected chi connectivity index (χ2v) is 4.50. The van der Waals surface area contributed by atoms with E-state index in [-0.39, 0.29) is 17.9 Å². The first kappa shape index (κ1) is 13.1. The summed E-state index contributed by atoms with van der Waals surface area (Å²) >= 11 is 0. The van der Waals surface area contributed by atoms with Crippen molar-refractivity contribution in [2.45, 2.75) is 12.3 Å². The molecule has 2 atom stereocenters. The first-order valence-corrected chi connectivity index (χ1v) is 5.83. The first-order chi connectivity index (χ1) is 8.99. The van der Waals surface area contributed by atoms with Gasteiger partial charge in [0.15, 0.2) is 0 Å². The summed E-state index contributed by atoms with van der Waals surface area (Å²) < 4.78 is 0. The van der Waals surface area contributed by atoms with Gasteiger partial charge in [0.25, 0.3) is 0 Å². The molecule has 0 aromatic heterocycles. The fourth-order valence-corrected chi connectivity index (χ4v) is 2.19. The van der Waals surface area contributed by atoms with Crippen molar-refractivity contribution in [3.8, 4) is 0 Å². The molecule has 1 aliphatic rings. The van der Waals surface area contributed by atoms with Gasteiger partial charge in [0.2, 0.25) is 5.91 Å². The number of nitrogens with one attached hydrogen (secondary N) is 1. The molecule has 19 heavy (non-hydrogen) atoms. The molecule has 3 N–H and O–H groups in total. The van der Waals surface area contributed by atoms with E-state index < -0.39 is 23.8 Å². The van der Waals surface area contributed by atoms with E-state index in [1.165, 1.54) is 12.1 Å². The van der Waals surface area contributed by atoms with E-state index in [0.717, 1.165) is 5.56 Å². The summed E-state index contributed by atoms with van der Waals surface area (Å²) in [6, 6.07) is 6.27. The predicted octanol–water partition coefficient (Wildman–Crippen LogP) is 0.689. The van der Waals surface area contributed by atoms with Crippen molar-refractivity contribution in [2.75, 3.05) is 6.54 Å². The van der Waals surface area contributed by atoms with Crippen LogP contribution in [-0.2, 0) is 9.59 Å². The Morgan fingerprint density at radius 3 is 2.32 bits per heavy atom. The SMILES string of the molecule is O=C(O)c1ccc([C@H]2CNC(=O)[C@@H](C(=O)O)C2)cc1. The Balaban J connectivity index is 2.16. The van der Waals surface area contributed by atoms with Crippen molar-refractivity contribution in [2.24, 2.45) is 5.92 Å². The number of aliphatic carboxylic acids is 1. The molecule has 1 aromatic rings. The highest BCUT2D eigenvalue weighted by atomic mass is 16.4. The smallest absolute Gasteiger partial charge is 0.335 e. The molecular weight excluding hydrogens is 250 g/mol. The molecule has 0 aliphatic carbocycles. The Labute approximate surface area is 109 Å². The fraction of sp³-hybridized carbons (Fsp3) is 0.308. The molecule has 0 saturated carbocycles. The Morgan fingerprint density at radius 1 is 1.16 bits per heavy atom. The first-order valence-electron chi connectivity index (χ1n) is 5.83. The number of carbonyl (C=O) groups is 3. The number of piperidine rings is 1. The number of carboxylic acids is 2. The summed E-state index contributed by atoms with van der Waals surface area (Å²) in [4.78, 5) is 33.1. The number of hydrogen-bond donors (Lipinski definition) is 3. The van der Waals surface area contributed by atoms with Crippen LogP contribution in [0.15, 0.2) is 24.3 Å². The lowest BCUT2D eigenvalue weighted by atomic mass is 9.85. The van der Waals surface area contributed by atoms with Gasteiger partial charge in [-0.25, -0.2) is 4.79 Å². The third-order valence-corrected chi connectivity index (χ3v) is 3.29. The van der Waals surface area contributed by atoms with Crippen molar-refractivity contribution >= 4 is 17.8 Å². The van der Waals surface area contributed by atoms with Crippen molar-refractivity contribution < 1.29 is 24.6 Å². The van der Waals surface area contributed by atoms with Gasteiger partial charge in [-0.1, -0.05) is 12.1 Å². The average Bonchev–Trinajstić information content (AvgIpc) is 2.39. The van der Waals surface area contributed by atoms with Crippen LogP contribution in [0.4, 0.5) is 0 Å². The minimum absolute atomic E-state index is 0.110. The zero-order valence-corrected chi connectivity index (χ0v) is 10.00. The van der Waals surface area contributed by atoms with Crippen LogP contribution in [0.3, 0.4) is 0 Å². The van der Waals surface area contributed by atoms with Crippen LogP contribution in [0.25, 0.3) is 0 Å². The van der Waals surface area contributed by atoms with Gasteiger partial charge < -0.3 is 15.5 Å². The van der Waals surface area contributed by atoms with Crippen LogP contribution >= 0.6 is 0 Å². The highest BCUT2D eigenvalue weighted by Crippen LogP contribution is 2.27. The quantitative estimate of drug-likeness (QED) is 0.696. The minimum atomic E-state index is -1.13. The molecular formula is C13H13NO5. The molecule has 100 valence electrons. The van der Waals surface area contributed by atoms with Gasteiger partial charge in [-0.3, -0.25) is 9.59 Å². The minimum Gasteiger partial charge on any atom is -0.481 e. The number of hydrogen-bond acceptors (Lipinski definition) is 3. The second-order valence-electron chi connectivity index (χ2n) is 4.50. The molecule has 1 aromatic carbocycles. The summed E-state index contributed by atoms with van der Waals surface area (Å²) in [5.41, 5.74) is 1.01. The van der Waals surface area contributed by atoms with Gasteiger partial charge in [-0.05, 0) is 24.1 Å². The maximum atomic E-state index is 11.4. The normalized spacial score (nSPS) is 22.6. The highest BCUT2D eigenvalue weighted by Gasteiger charge is 2.34. The van der Waals surface area contributed by atoms with Crippen LogP contribution in [0.1, 0.15) is 28.3 Å². The van der Waals surface area contributed by atoms with Crippen molar-refractivity contribution in [3.05, 3.63) is 35.4 Å². The third kappa shape index (κ3) is 2.73. The van der Waals surface area contributed by atoms with Crippen LogP contribution in [0.2, 0.25) is 0 Å². The fourth-order valence-electron chi connectivity index (χ4n) is 2.19. The monoisotopic (exact) mass is 263 g/mol. The molecule has 1 heterocycles. The molecule has 6 heteroatoms. The third-order valence-electron chi connectivity index (χ3n) is 3.29. The van der Waals surface area contributed by atoms with Gasteiger partial charge in [0, 0.05) is 12.5 Å².